The fourth-order valence-corrected chi connectivity index (χ4v) is 2.13. The number of carbonyl (C=O) groups excluding carboxylic acids is 1. The zero-order valence-corrected chi connectivity index (χ0v) is 10.8. The molecule has 6 N–H and O–H groups in total. The molecule has 0 unspecified atom stereocenters. The summed E-state index contributed by atoms with van der Waals surface area (Å²) in [4.78, 5) is 11.6. The van der Waals surface area contributed by atoms with Crippen molar-refractivity contribution in [3.63, 3.8) is 0 Å². The number of aromatic nitrogens is 1. The van der Waals surface area contributed by atoms with Gasteiger partial charge in [0.05, 0.1) is 0 Å². The molecule has 106 valence electrons. The minimum Gasteiger partial charge on any atom is -0.346 e. The normalized spacial score (nSPS) is 15.6. The van der Waals surface area contributed by atoms with Crippen LogP contribution in [0.2, 0.25) is 0 Å². The third-order valence-corrected chi connectivity index (χ3v) is 3.09. The topological polar surface area (TPSA) is 94.2 Å². The van der Waals surface area contributed by atoms with Crippen LogP contribution in [-0.4, -0.2) is 23.4 Å². The number of benzene rings is 1. The average Bonchev–Trinajstić information content (AvgIpc) is 3.09. The lowest BCUT2D eigenvalue weighted by Crippen LogP contribution is -2.53. The Balaban J connectivity index is 1.48. The predicted octanol–water partition coefficient (Wildman–Crippen LogP) is -0.659. The lowest BCUT2D eigenvalue weighted by atomic mass is 10.2. The maximum Gasteiger partial charge on any atom is 0.317 e. The molecule has 0 spiro atoms. The van der Waals surface area contributed by atoms with Crippen molar-refractivity contribution in [1.29, 1.82) is 0 Å². The van der Waals surface area contributed by atoms with E-state index in [0.717, 1.165) is 6.54 Å². The van der Waals surface area contributed by atoms with Gasteiger partial charge in [-0.3, -0.25) is 0 Å². The van der Waals surface area contributed by atoms with Gasteiger partial charge in [-0.05, 0) is 17.5 Å². The molecule has 1 saturated heterocycles. The highest BCUT2D eigenvalue weighted by molar-refractivity contribution is 5.80. The van der Waals surface area contributed by atoms with Crippen molar-refractivity contribution in [2.24, 2.45) is 0 Å². The Kier molecular flexibility index (Phi) is 3.79. The first-order valence-corrected chi connectivity index (χ1v) is 6.42. The van der Waals surface area contributed by atoms with Gasteiger partial charge in [0.2, 0.25) is 0 Å². The van der Waals surface area contributed by atoms with Crippen LogP contribution >= 0.6 is 0 Å². The van der Waals surface area contributed by atoms with E-state index < -0.39 is 0 Å². The Morgan fingerprint density at radius 1 is 1.20 bits per heavy atom. The van der Waals surface area contributed by atoms with E-state index in [1.807, 2.05) is 18.3 Å². The Morgan fingerprint density at radius 2 is 2.00 bits per heavy atom. The van der Waals surface area contributed by atoms with E-state index in [9.17, 15) is 4.79 Å². The number of fused-ring (bicyclic) bond motifs is 1. The number of amides is 2. The molecule has 3 rings (SSSR count). The van der Waals surface area contributed by atoms with Crippen molar-refractivity contribution in [2.45, 2.75) is 12.8 Å². The molecule has 8 heteroatoms. The molecule has 0 saturated carbocycles. The van der Waals surface area contributed by atoms with Crippen molar-refractivity contribution in [3.05, 3.63) is 36.5 Å². The van der Waals surface area contributed by atoms with E-state index in [2.05, 4.69) is 55.3 Å². The van der Waals surface area contributed by atoms with Crippen molar-refractivity contribution < 1.29 is 4.79 Å². The fraction of sp³-hybridized carbons (Fsp3) is 0.250. The molecule has 1 fully saturated rings. The zero-order valence-electron chi connectivity index (χ0n) is 10.8. The molecule has 2 aromatic rings. The van der Waals surface area contributed by atoms with Crippen LogP contribution in [0.15, 0.2) is 36.5 Å². The summed E-state index contributed by atoms with van der Waals surface area (Å²) in [7, 11) is 0. The van der Waals surface area contributed by atoms with Crippen LogP contribution in [-0.2, 0) is 6.54 Å². The van der Waals surface area contributed by atoms with Gasteiger partial charge in [-0.15, -0.1) is 0 Å². The third-order valence-electron chi connectivity index (χ3n) is 3.09. The summed E-state index contributed by atoms with van der Waals surface area (Å²) in [5, 5.41) is 6.70. The minimum absolute atomic E-state index is 0.239. The number of nitrogens with zero attached hydrogens (tertiary/aromatic N) is 1. The van der Waals surface area contributed by atoms with Crippen molar-refractivity contribution in [2.75, 3.05) is 6.54 Å². The van der Waals surface area contributed by atoms with E-state index in [1.54, 1.807) is 0 Å². The molecule has 1 aromatic heterocycles. The molecule has 1 aromatic carbocycles. The third kappa shape index (κ3) is 2.89. The second kappa shape index (κ2) is 5.88. The largest absolute Gasteiger partial charge is 0.346 e. The lowest BCUT2D eigenvalue weighted by molar-refractivity contribution is 0.233. The zero-order chi connectivity index (χ0) is 13.8. The summed E-state index contributed by atoms with van der Waals surface area (Å²) in [6, 6.07) is 10.00. The molecule has 0 atom stereocenters. The van der Waals surface area contributed by atoms with Crippen LogP contribution in [0.5, 0.6) is 0 Å². The number of carbonyl (C=O) groups is 1. The van der Waals surface area contributed by atoms with E-state index in [4.69, 9.17) is 0 Å². The van der Waals surface area contributed by atoms with Gasteiger partial charge in [0, 0.05) is 24.8 Å². The Bertz CT molecular complexity index is 590. The number of rotatable bonds is 4. The maximum atomic E-state index is 11.6. The Hall–Kier alpha value is -2.13. The van der Waals surface area contributed by atoms with Gasteiger partial charge in [-0.25, -0.2) is 15.6 Å². The molecule has 1 aliphatic heterocycles. The molecule has 2 amide bonds. The van der Waals surface area contributed by atoms with Gasteiger partial charge < -0.3 is 15.2 Å². The van der Waals surface area contributed by atoms with Crippen molar-refractivity contribution in [3.8, 4) is 0 Å². The quantitative estimate of drug-likeness (QED) is 0.445. The summed E-state index contributed by atoms with van der Waals surface area (Å²) >= 11 is 0. The molecule has 0 aliphatic carbocycles. The number of para-hydroxylation sites is 1. The van der Waals surface area contributed by atoms with E-state index in [0.29, 0.717) is 6.54 Å². The molecule has 2 heterocycles. The van der Waals surface area contributed by atoms with E-state index in [1.165, 1.54) is 10.9 Å². The fourth-order valence-electron chi connectivity index (χ4n) is 2.13. The van der Waals surface area contributed by atoms with Crippen molar-refractivity contribution in [1.82, 2.24) is 37.1 Å². The Labute approximate surface area is 115 Å². The van der Waals surface area contributed by atoms with E-state index >= 15 is 0 Å². The van der Waals surface area contributed by atoms with Gasteiger partial charge >= 0.3 is 6.03 Å². The number of hydrazine groups is 3. The summed E-state index contributed by atoms with van der Waals surface area (Å²) in [5.41, 5.74) is 11.9. The summed E-state index contributed by atoms with van der Waals surface area (Å²) < 4.78 is 2.12. The number of nitrogens with one attached hydrogen (secondary N) is 6. The highest BCUT2D eigenvalue weighted by Gasteiger charge is 2.14. The number of urea groups is 1. The maximum absolute atomic E-state index is 11.6. The molecular formula is C12H17N7O. The summed E-state index contributed by atoms with van der Waals surface area (Å²) in [6.45, 7) is 1.28. The first kappa shape index (κ1) is 12.9. The van der Waals surface area contributed by atoms with Crippen LogP contribution in [0.4, 0.5) is 4.79 Å². The monoisotopic (exact) mass is 275 g/mol. The SMILES string of the molecule is O=C(NCCn1ccc2ccccc21)NC1NNNN1. The van der Waals surface area contributed by atoms with Crippen LogP contribution in [0.3, 0.4) is 0 Å². The molecule has 8 nitrogen and oxygen atoms in total. The number of hydrogen-bond donors (Lipinski definition) is 6. The molecule has 0 bridgehead atoms. The van der Waals surface area contributed by atoms with Crippen LogP contribution < -0.4 is 32.6 Å². The smallest absolute Gasteiger partial charge is 0.317 e. The number of hydrogen-bond acceptors (Lipinski definition) is 5. The van der Waals surface area contributed by atoms with E-state index in [-0.39, 0.29) is 12.3 Å². The first-order chi connectivity index (χ1) is 9.83. The first-order valence-electron chi connectivity index (χ1n) is 6.42. The second-order valence-electron chi connectivity index (χ2n) is 4.44. The predicted molar refractivity (Wildman–Crippen MR) is 74.8 cm³/mol. The minimum atomic E-state index is -0.345. The summed E-state index contributed by atoms with van der Waals surface area (Å²) in [5.74, 6) is 0. The van der Waals surface area contributed by atoms with Gasteiger partial charge in [0.1, 0.15) is 0 Å². The molecule has 20 heavy (non-hydrogen) atoms. The lowest BCUT2D eigenvalue weighted by Gasteiger charge is -2.12. The highest BCUT2D eigenvalue weighted by Crippen LogP contribution is 2.14. The molecule has 1 aliphatic rings. The second-order valence-corrected chi connectivity index (χ2v) is 4.44. The Morgan fingerprint density at radius 3 is 2.85 bits per heavy atom. The average molecular weight is 275 g/mol. The summed E-state index contributed by atoms with van der Waals surface area (Å²) in [6.07, 6.45) is 1.68. The van der Waals surface area contributed by atoms with Crippen LogP contribution in [0.25, 0.3) is 10.9 Å². The van der Waals surface area contributed by atoms with Gasteiger partial charge in [0.25, 0.3) is 0 Å². The van der Waals surface area contributed by atoms with Gasteiger partial charge in [-0.1, -0.05) is 18.2 Å². The van der Waals surface area contributed by atoms with Crippen LogP contribution in [0, 0.1) is 0 Å². The standard InChI is InChI=1S/C12H17N7O/c20-12(14-11-15-17-18-16-11)13-6-8-19-7-5-9-3-1-2-4-10(9)19/h1-5,7,11,15-18H,6,8H2,(H2,13,14,20). The molecule has 0 radical (unpaired) electrons. The molecular weight excluding hydrogens is 258 g/mol. The van der Waals surface area contributed by atoms with Gasteiger partial charge in [-0.2, -0.15) is 11.1 Å². The van der Waals surface area contributed by atoms with Crippen LogP contribution in [0.1, 0.15) is 0 Å². The highest BCUT2D eigenvalue weighted by atomic mass is 16.2. The van der Waals surface area contributed by atoms with Gasteiger partial charge in [0.15, 0.2) is 6.29 Å². The van der Waals surface area contributed by atoms with Crippen molar-refractivity contribution >= 4 is 16.9 Å².